The molecule has 3 aliphatic rings. The van der Waals surface area contributed by atoms with Gasteiger partial charge in [0.2, 0.25) is 5.91 Å². The average Bonchev–Trinajstić information content (AvgIpc) is 3.49. The molecule has 0 aromatic heterocycles. The van der Waals surface area contributed by atoms with Crippen molar-refractivity contribution in [3.05, 3.63) is 99.0 Å². The summed E-state index contributed by atoms with van der Waals surface area (Å²) in [7, 11) is 0. The minimum Gasteiger partial charge on any atom is -0.493 e. The number of carbonyl (C=O) groups excluding carboxylic acids is 2. The summed E-state index contributed by atoms with van der Waals surface area (Å²) in [5.41, 5.74) is 2.81. The standard InChI is InChI=1S/C35H36Cl2N6O4.ClH/c1-2-47-30-21-24(22-38)3-12-29(30)34-39-32(25-4-8-27(36)9-5-25)33(26-6-10-28(37)11-7-26)43(34)35(45)42-15-13-40(14-16-42)23-31(44)41-17-19-46-20-18-41;/h3-12,21,32-33H,2,13-20,23H2,1H3;1H/t32-,33+;/m0./s1. The third-order valence-corrected chi connectivity index (χ3v) is 9.22. The summed E-state index contributed by atoms with van der Waals surface area (Å²) in [5.74, 6) is 1.01. The van der Waals surface area contributed by atoms with Crippen molar-refractivity contribution >= 4 is 53.4 Å². The van der Waals surface area contributed by atoms with Crippen molar-refractivity contribution in [2.75, 3.05) is 65.6 Å². The van der Waals surface area contributed by atoms with Crippen LogP contribution in [0.4, 0.5) is 4.79 Å². The maximum atomic E-state index is 14.8. The molecular weight excluding hydrogens is 675 g/mol. The lowest BCUT2D eigenvalue weighted by molar-refractivity contribution is -0.136. The number of rotatable bonds is 7. The molecule has 2 atom stereocenters. The number of morpholine rings is 1. The Kier molecular flexibility index (Phi) is 11.8. The number of amides is 3. The highest BCUT2D eigenvalue weighted by Crippen LogP contribution is 2.45. The third-order valence-electron chi connectivity index (χ3n) is 8.71. The first kappa shape index (κ1) is 35.5. The number of ether oxygens (including phenoxy) is 2. The van der Waals surface area contributed by atoms with Gasteiger partial charge in [-0.3, -0.25) is 19.6 Å². The van der Waals surface area contributed by atoms with Gasteiger partial charge in [-0.25, -0.2) is 4.79 Å². The van der Waals surface area contributed by atoms with Crippen LogP contribution < -0.4 is 4.74 Å². The summed E-state index contributed by atoms with van der Waals surface area (Å²) >= 11 is 12.6. The van der Waals surface area contributed by atoms with Crippen molar-refractivity contribution in [1.82, 2.24) is 19.6 Å². The molecule has 0 unspecified atom stereocenters. The van der Waals surface area contributed by atoms with E-state index >= 15 is 0 Å². The van der Waals surface area contributed by atoms with E-state index in [0.29, 0.717) is 98.4 Å². The predicted molar refractivity (Wildman–Crippen MR) is 187 cm³/mol. The first-order valence-corrected chi connectivity index (χ1v) is 16.5. The number of nitrogens with zero attached hydrogens (tertiary/aromatic N) is 6. The van der Waals surface area contributed by atoms with Gasteiger partial charge in [0.05, 0.1) is 49.6 Å². The number of carbonyl (C=O) groups is 2. The monoisotopic (exact) mass is 710 g/mol. The lowest BCUT2D eigenvalue weighted by Crippen LogP contribution is -2.56. The molecule has 13 heteroatoms. The Morgan fingerprint density at radius 2 is 1.52 bits per heavy atom. The Morgan fingerprint density at radius 3 is 2.12 bits per heavy atom. The van der Waals surface area contributed by atoms with Gasteiger partial charge in [-0.15, -0.1) is 12.4 Å². The highest BCUT2D eigenvalue weighted by atomic mass is 35.5. The molecule has 0 radical (unpaired) electrons. The van der Waals surface area contributed by atoms with Crippen LogP contribution >= 0.6 is 35.6 Å². The molecule has 48 heavy (non-hydrogen) atoms. The first-order chi connectivity index (χ1) is 22.9. The molecule has 10 nitrogen and oxygen atoms in total. The number of amidine groups is 1. The van der Waals surface area contributed by atoms with E-state index in [1.165, 1.54) is 0 Å². The van der Waals surface area contributed by atoms with E-state index in [2.05, 4.69) is 11.0 Å². The molecule has 252 valence electrons. The molecule has 3 aromatic rings. The number of aliphatic imine (C=N–C) groups is 1. The predicted octanol–water partition coefficient (Wildman–Crippen LogP) is 5.83. The van der Waals surface area contributed by atoms with E-state index < -0.39 is 12.1 Å². The topological polar surface area (TPSA) is 102 Å². The van der Waals surface area contributed by atoms with Gasteiger partial charge >= 0.3 is 6.03 Å². The maximum absolute atomic E-state index is 14.8. The van der Waals surface area contributed by atoms with Crippen molar-refractivity contribution in [2.45, 2.75) is 19.0 Å². The Labute approximate surface area is 296 Å². The zero-order chi connectivity index (χ0) is 32.9. The Morgan fingerprint density at radius 1 is 0.896 bits per heavy atom. The van der Waals surface area contributed by atoms with E-state index in [-0.39, 0.29) is 24.3 Å². The van der Waals surface area contributed by atoms with Crippen molar-refractivity contribution in [3.8, 4) is 11.8 Å². The molecule has 3 aromatic carbocycles. The molecule has 0 saturated carbocycles. The summed E-state index contributed by atoms with van der Waals surface area (Å²) in [6.45, 7) is 6.91. The molecular formula is C35H37Cl3N6O4. The first-order valence-electron chi connectivity index (χ1n) is 15.8. The van der Waals surface area contributed by atoms with Crippen LogP contribution in [-0.2, 0) is 9.53 Å². The lowest BCUT2D eigenvalue weighted by Gasteiger charge is -2.39. The summed E-state index contributed by atoms with van der Waals surface area (Å²) in [5, 5.41) is 10.8. The number of urea groups is 1. The Bertz CT molecular complexity index is 1670. The van der Waals surface area contributed by atoms with Gasteiger partial charge < -0.3 is 19.3 Å². The van der Waals surface area contributed by atoms with Gasteiger partial charge in [-0.05, 0) is 60.5 Å². The van der Waals surface area contributed by atoms with Crippen LogP contribution in [-0.4, -0.2) is 103 Å². The summed E-state index contributed by atoms with van der Waals surface area (Å²) in [4.78, 5) is 40.4. The molecule has 2 saturated heterocycles. The smallest absolute Gasteiger partial charge is 0.326 e. The molecule has 2 fully saturated rings. The number of nitriles is 1. The van der Waals surface area contributed by atoms with E-state index in [1.54, 1.807) is 23.1 Å². The summed E-state index contributed by atoms with van der Waals surface area (Å²) in [6, 6.07) is 21.1. The van der Waals surface area contributed by atoms with Crippen LogP contribution in [0.25, 0.3) is 0 Å². The van der Waals surface area contributed by atoms with Gasteiger partial charge in [0.1, 0.15) is 17.6 Å². The van der Waals surface area contributed by atoms with Crippen LogP contribution in [0.15, 0.2) is 71.7 Å². The second kappa shape index (κ2) is 16.0. The second-order valence-electron chi connectivity index (χ2n) is 11.6. The van der Waals surface area contributed by atoms with Crippen LogP contribution in [0.1, 0.15) is 41.3 Å². The van der Waals surface area contributed by atoms with Crippen molar-refractivity contribution in [3.63, 3.8) is 0 Å². The average molecular weight is 712 g/mol. The normalized spacial score (nSPS) is 19.7. The van der Waals surface area contributed by atoms with Crippen molar-refractivity contribution in [1.29, 1.82) is 5.26 Å². The number of benzene rings is 3. The SMILES string of the molecule is CCOc1cc(C#N)ccc1C1=N[C@@H](c2ccc(Cl)cc2)[C@@H](c2ccc(Cl)cc2)N1C(=O)N1CCN(CC(=O)N2CCOCC2)CC1.Cl. The zero-order valence-electron chi connectivity index (χ0n) is 26.6. The van der Waals surface area contributed by atoms with Gasteiger partial charge in [-0.2, -0.15) is 5.26 Å². The third kappa shape index (κ3) is 7.72. The fourth-order valence-corrected chi connectivity index (χ4v) is 6.51. The van der Waals surface area contributed by atoms with Crippen molar-refractivity contribution in [2.24, 2.45) is 4.99 Å². The van der Waals surface area contributed by atoms with Gasteiger partial charge in [0, 0.05) is 49.3 Å². The molecule has 6 rings (SSSR count). The quantitative estimate of drug-likeness (QED) is 0.306. The second-order valence-corrected chi connectivity index (χ2v) is 12.5. The highest BCUT2D eigenvalue weighted by Gasteiger charge is 2.45. The highest BCUT2D eigenvalue weighted by molar-refractivity contribution is 6.30. The number of hydrogen-bond acceptors (Lipinski definition) is 7. The van der Waals surface area contributed by atoms with Crippen LogP contribution in [0, 0.1) is 11.3 Å². The van der Waals surface area contributed by atoms with E-state index in [4.69, 9.17) is 37.7 Å². The largest absolute Gasteiger partial charge is 0.493 e. The van der Waals surface area contributed by atoms with Gasteiger partial charge in [-0.1, -0.05) is 47.5 Å². The summed E-state index contributed by atoms with van der Waals surface area (Å²) < 4.78 is 11.4. The molecule has 3 aliphatic heterocycles. The lowest BCUT2D eigenvalue weighted by atomic mass is 9.93. The molecule has 3 amide bonds. The van der Waals surface area contributed by atoms with Gasteiger partial charge in [0.25, 0.3) is 0 Å². The van der Waals surface area contributed by atoms with Crippen LogP contribution in [0.3, 0.4) is 0 Å². The number of halogens is 3. The van der Waals surface area contributed by atoms with Crippen LogP contribution in [0.2, 0.25) is 10.0 Å². The van der Waals surface area contributed by atoms with Crippen LogP contribution in [0.5, 0.6) is 5.75 Å². The zero-order valence-corrected chi connectivity index (χ0v) is 28.9. The summed E-state index contributed by atoms with van der Waals surface area (Å²) in [6.07, 6.45) is 0. The van der Waals surface area contributed by atoms with Crippen molar-refractivity contribution < 1.29 is 19.1 Å². The molecule has 0 spiro atoms. The molecule has 0 N–H and O–H groups in total. The fourth-order valence-electron chi connectivity index (χ4n) is 6.26. The molecule has 0 bridgehead atoms. The number of piperazine rings is 1. The van der Waals surface area contributed by atoms with Gasteiger partial charge in [0.15, 0.2) is 0 Å². The molecule has 0 aliphatic carbocycles. The Hall–Kier alpha value is -3.85. The fraction of sp³-hybridized carbons (Fsp3) is 0.371. The van der Waals surface area contributed by atoms with E-state index in [1.807, 2.05) is 65.3 Å². The van der Waals surface area contributed by atoms with E-state index in [9.17, 15) is 14.9 Å². The minimum atomic E-state index is -0.512. The number of hydrogen-bond donors (Lipinski definition) is 0. The molecule has 3 heterocycles. The minimum absolute atomic E-state index is 0. The van der Waals surface area contributed by atoms with E-state index in [0.717, 1.165) is 11.1 Å². The Balaban J connectivity index is 0.00000451. The maximum Gasteiger partial charge on any atom is 0.326 e.